The molecule has 0 spiro atoms. The Morgan fingerprint density at radius 3 is 2.56 bits per heavy atom. The van der Waals surface area contributed by atoms with Crippen molar-refractivity contribution in [2.24, 2.45) is 5.14 Å². The van der Waals surface area contributed by atoms with E-state index in [1.807, 2.05) is 25.1 Å². The van der Waals surface area contributed by atoms with Gasteiger partial charge in [-0.1, -0.05) is 23.8 Å². The second-order valence-corrected chi connectivity index (χ2v) is 7.61. The maximum absolute atomic E-state index is 11.2. The molecule has 0 radical (unpaired) electrons. The fourth-order valence-electron chi connectivity index (χ4n) is 2.68. The zero-order chi connectivity index (χ0) is 18.0. The Labute approximate surface area is 147 Å². The molecule has 132 valence electrons. The summed E-state index contributed by atoms with van der Waals surface area (Å²) in [7, 11) is -3.68. The summed E-state index contributed by atoms with van der Waals surface area (Å²) in [5.41, 5.74) is 3.47. The van der Waals surface area contributed by atoms with E-state index in [0.717, 1.165) is 22.3 Å². The van der Waals surface area contributed by atoms with Gasteiger partial charge in [-0.25, -0.2) is 13.6 Å². The van der Waals surface area contributed by atoms with Gasteiger partial charge in [0, 0.05) is 24.2 Å². The monoisotopic (exact) mass is 360 g/mol. The van der Waals surface area contributed by atoms with Crippen LogP contribution in [0.25, 0.3) is 0 Å². The molecule has 25 heavy (non-hydrogen) atoms. The molecule has 0 saturated heterocycles. The molecule has 4 N–H and O–H groups in total. The van der Waals surface area contributed by atoms with Gasteiger partial charge in [0.1, 0.15) is 11.9 Å². The maximum Gasteiger partial charge on any atom is 0.238 e. The summed E-state index contributed by atoms with van der Waals surface area (Å²) in [6, 6.07) is 12.1. The lowest BCUT2D eigenvalue weighted by Crippen LogP contribution is -2.22. The SMILES string of the molecule is Cc1ccc2c(c1)C(O)C(CNCc1ccc(S(N)(=O)=O)cc1)=CO2. The summed E-state index contributed by atoms with van der Waals surface area (Å²) >= 11 is 0. The van der Waals surface area contributed by atoms with E-state index in [0.29, 0.717) is 18.8 Å². The normalized spacial score (nSPS) is 16.8. The molecular weight excluding hydrogens is 340 g/mol. The largest absolute Gasteiger partial charge is 0.464 e. The Kier molecular flexibility index (Phi) is 4.91. The smallest absolute Gasteiger partial charge is 0.238 e. The topological polar surface area (TPSA) is 102 Å². The predicted molar refractivity (Wildman–Crippen MR) is 94.4 cm³/mol. The number of aliphatic hydroxyl groups excluding tert-OH is 1. The highest BCUT2D eigenvalue weighted by Crippen LogP contribution is 2.34. The lowest BCUT2D eigenvalue weighted by atomic mass is 9.98. The summed E-state index contributed by atoms with van der Waals surface area (Å²) in [5, 5.41) is 18.8. The molecule has 0 aliphatic carbocycles. The number of hydrogen-bond acceptors (Lipinski definition) is 5. The number of fused-ring (bicyclic) bond motifs is 1. The van der Waals surface area contributed by atoms with Gasteiger partial charge < -0.3 is 15.2 Å². The van der Waals surface area contributed by atoms with Crippen LogP contribution in [0.5, 0.6) is 5.75 Å². The third kappa shape index (κ3) is 4.08. The van der Waals surface area contributed by atoms with Crippen LogP contribution in [0.1, 0.15) is 22.8 Å². The van der Waals surface area contributed by atoms with Gasteiger partial charge >= 0.3 is 0 Å². The maximum atomic E-state index is 11.2. The first-order valence-corrected chi connectivity index (χ1v) is 9.36. The number of benzene rings is 2. The fraction of sp³-hybridized carbons (Fsp3) is 0.222. The summed E-state index contributed by atoms with van der Waals surface area (Å²) < 4.78 is 28.1. The molecule has 1 unspecified atom stereocenters. The van der Waals surface area contributed by atoms with Gasteiger partial charge in [-0.2, -0.15) is 0 Å². The zero-order valence-electron chi connectivity index (χ0n) is 13.8. The van der Waals surface area contributed by atoms with Crippen molar-refractivity contribution in [3.05, 3.63) is 71.0 Å². The van der Waals surface area contributed by atoms with Gasteiger partial charge in [-0.15, -0.1) is 0 Å². The second kappa shape index (κ2) is 6.97. The third-order valence-electron chi connectivity index (χ3n) is 4.06. The van der Waals surface area contributed by atoms with Crippen molar-refractivity contribution in [3.8, 4) is 5.75 Å². The van der Waals surface area contributed by atoms with Gasteiger partial charge in [0.15, 0.2) is 0 Å². The van der Waals surface area contributed by atoms with Crippen LogP contribution in [-0.2, 0) is 16.6 Å². The Morgan fingerprint density at radius 1 is 1.16 bits per heavy atom. The number of hydrogen-bond donors (Lipinski definition) is 3. The van der Waals surface area contributed by atoms with Gasteiger partial charge in [0.05, 0.1) is 11.2 Å². The first-order chi connectivity index (χ1) is 11.8. The number of aliphatic hydroxyl groups is 1. The van der Waals surface area contributed by atoms with Crippen LogP contribution in [0.2, 0.25) is 0 Å². The lowest BCUT2D eigenvalue weighted by molar-refractivity contribution is 0.195. The lowest BCUT2D eigenvalue weighted by Gasteiger charge is -2.23. The molecule has 2 aromatic rings. The van der Waals surface area contributed by atoms with Crippen molar-refractivity contribution < 1.29 is 18.3 Å². The molecule has 0 fully saturated rings. The summed E-state index contributed by atoms with van der Waals surface area (Å²) in [6.45, 7) is 2.94. The Morgan fingerprint density at radius 2 is 1.88 bits per heavy atom. The van der Waals surface area contributed by atoms with E-state index in [2.05, 4.69) is 5.32 Å². The van der Waals surface area contributed by atoms with Gasteiger partial charge in [-0.05, 0) is 36.8 Å². The van der Waals surface area contributed by atoms with E-state index in [9.17, 15) is 13.5 Å². The number of nitrogens with one attached hydrogen (secondary N) is 1. The second-order valence-electron chi connectivity index (χ2n) is 6.05. The van der Waals surface area contributed by atoms with Gasteiger partial charge in [0.25, 0.3) is 0 Å². The van der Waals surface area contributed by atoms with Crippen molar-refractivity contribution >= 4 is 10.0 Å². The number of aryl methyl sites for hydroxylation is 1. The molecule has 1 heterocycles. The molecule has 2 aromatic carbocycles. The minimum absolute atomic E-state index is 0.0852. The molecular formula is C18H20N2O4S. The van der Waals surface area contributed by atoms with Crippen molar-refractivity contribution in [1.29, 1.82) is 0 Å². The zero-order valence-corrected chi connectivity index (χ0v) is 14.6. The molecule has 1 atom stereocenters. The van der Waals surface area contributed by atoms with Crippen LogP contribution in [0.4, 0.5) is 0 Å². The highest BCUT2D eigenvalue weighted by atomic mass is 32.2. The average molecular weight is 360 g/mol. The van der Waals surface area contributed by atoms with Crippen molar-refractivity contribution in [1.82, 2.24) is 5.32 Å². The van der Waals surface area contributed by atoms with E-state index in [1.165, 1.54) is 12.1 Å². The van der Waals surface area contributed by atoms with Crippen molar-refractivity contribution in [2.75, 3.05) is 6.54 Å². The summed E-state index contributed by atoms with van der Waals surface area (Å²) in [4.78, 5) is 0.0852. The van der Waals surface area contributed by atoms with E-state index in [4.69, 9.17) is 9.88 Å². The molecule has 0 amide bonds. The van der Waals surface area contributed by atoms with Crippen LogP contribution in [0.15, 0.2) is 59.2 Å². The average Bonchev–Trinajstić information content (AvgIpc) is 2.57. The highest BCUT2D eigenvalue weighted by Gasteiger charge is 2.22. The first-order valence-electron chi connectivity index (χ1n) is 7.81. The Bertz CT molecular complexity index is 905. The third-order valence-corrected chi connectivity index (χ3v) is 4.99. The summed E-state index contributed by atoms with van der Waals surface area (Å²) in [5.74, 6) is 0.667. The number of ether oxygens (including phenoxy) is 1. The van der Waals surface area contributed by atoms with E-state index >= 15 is 0 Å². The molecule has 0 bridgehead atoms. The van der Waals surface area contributed by atoms with Crippen molar-refractivity contribution in [2.45, 2.75) is 24.5 Å². The molecule has 0 aromatic heterocycles. The predicted octanol–water partition coefficient (Wildman–Crippen LogP) is 1.74. The van der Waals surface area contributed by atoms with Crippen molar-refractivity contribution in [3.63, 3.8) is 0 Å². The molecule has 1 aliphatic rings. The Balaban J connectivity index is 1.60. The Hall–Kier alpha value is -2.19. The standard InChI is InChI=1S/C18H20N2O4S/c1-12-2-7-17-16(8-12)18(21)14(11-24-17)10-20-9-13-3-5-15(6-4-13)25(19,22)23/h2-8,11,18,20-21H,9-10H2,1H3,(H2,19,22,23). The molecule has 0 saturated carbocycles. The molecule has 3 rings (SSSR count). The minimum Gasteiger partial charge on any atom is -0.464 e. The van der Waals surface area contributed by atoms with Crippen LogP contribution >= 0.6 is 0 Å². The van der Waals surface area contributed by atoms with Gasteiger partial charge in [-0.3, -0.25) is 0 Å². The first kappa shape index (κ1) is 17.6. The quantitative estimate of drug-likeness (QED) is 0.754. The number of rotatable bonds is 5. The number of sulfonamides is 1. The minimum atomic E-state index is -3.68. The van der Waals surface area contributed by atoms with Crippen LogP contribution in [0.3, 0.4) is 0 Å². The molecule has 7 heteroatoms. The summed E-state index contributed by atoms with van der Waals surface area (Å²) in [6.07, 6.45) is 0.861. The van der Waals surface area contributed by atoms with Gasteiger partial charge in [0.2, 0.25) is 10.0 Å². The van der Waals surface area contributed by atoms with Crippen LogP contribution in [0, 0.1) is 6.92 Å². The van der Waals surface area contributed by atoms with E-state index in [-0.39, 0.29) is 4.90 Å². The number of nitrogens with two attached hydrogens (primary N) is 1. The molecule has 1 aliphatic heterocycles. The highest BCUT2D eigenvalue weighted by molar-refractivity contribution is 7.89. The number of primary sulfonamides is 1. The van der Waals surface area contributed by atoms with E-state index < -0.39 is 16.1 Å². The fourth-order valence-corrected chi connectivity index (χ4v) is 3.19. The molecule has 6 nitrogen and oxygen atoms in total. The van der Waals surface area contributed by atoms with Crippen LogP contribution in [-0.4, -0.2) is 20.1 Å². The van der Waals surface area contributed by atoms with Crippen LogP contribution < -0.4 is 15.2 Å². The van der Waals surface area contributed by atoms with E-state index in [1.54, 1.807) is 18.4 Å².